The fourth-order valence-electron chi connectivity index (χ4n) is 2.59. The van der Waals surface area contributed by atoms with E-state index in [4.69, 9.17) is 0 Å². The van der Waals surface area contributed by atoms with Crippen LogP contribution < -0.4 is 4.90 Å². The van der Waals surface area contributed by atoms with Gasteiger partial charge in [-0.2, -0.15) is 0 Å². The van der Waals surface area contributed by atoms with E-state index in [0.717, 1.165) is 12.2 Å². The number of hydrogen-bond acceptors (Lipinski definition) is 2. The Labute approximate surface area is 109 Å². The molecule has 0 aliphatic heterocycles. The summed E-state index contributed by atoms with van der Waals surface area (Å²) in [5.41, 5.74) is 6.38. The minimum absolute atomic E-state index is 0.839. The maximum Gasteiger partial charge on any atom is 0.0598 e. The summed E-state index contributed by atoms with van der Waals surface area (Å²) in [6.07, 6.45) is 1.85. The Morgan fingerprint density at radius 2 is 1.72 bits per heavy atom. The van der Waals surface area contributed by atoms with Crippen molar-refractivity contribution in [2.75, 3.05) is 11.9 Å². The van der Waals surface area contributed by atoms with E-state index in [0.29, 0.717) is 0 Å². The lowest BCUT2D eigenvalue weighted by atomic mass is 10.0. The Morgan fingerprint density at radius 3 is 2.28 bits per heavy atom. The lowest BCUT2D eigenvalue weighted by Gasteiger charge is -2.23. The highest BCUT2D eigenvalue weighted by molar-refractivity contribution is 5.59. The number of benzene rings is 1. The van der Waals surface area contributed by atoms with Crippen molar-refractivity contribution >= 4 is 5.69 Å². The molecule has 0 radical (unpaired) electrons. The number of hydrogen-bond donors (Lipinski definition) is 0. The van der Waals surface area contributed by atoms with E-state index in [1.165, 1.54) is 22.4 Å². The maximum atomic E-state index is 4.38. The third-order valence-corrected chi connectivity index (χ3v) is 3.14. The molecule has 0 spiro atoms. The quantitative estimate of drug-likeness (QED) is 0.814. The summed E-state index contributed by atoms with van der Waals surface area (Å²) in [7, 11) is 2.12. The molecule has 2 rings (SSSR count). The van der Waals surface area contributed by atoms with Gasteiger partial charge in [0.05, 0.1) is 12.2 Å². The smallest absolute Gasteiger partial charge is 0.0598 e. The molecule has 2 aromatic rings. The largest absolute Gasteiger partial charge is 0.368 e. The van der Waals surface area contributed by atoms with Crippen LogP contribution in [0, 0.1) is 20.8 Å². The summed E-state index contributed by atoms with van der Waals surface area (Å²) in [5.74, 6) is 0. The lowest BCUT2D eigenvalue weighted by molar-refractivity contribution is 0.876. The van der Waals surface area contributed by atoms with Crippen LogP contribution in [0.15, 0.2) is 36.5 Å². The Morgan fingerprint density at radius 1 is 1.06 bits per heavy atom. The minimum Gasteiger partial charge on any atom is -0.368 e. The van der Waals surface area contributed by atoms with Crippen LogP contribution in [0.2, 0.25) is 0 Å². The molecule has 18 heavy (non-hydrogen) atoms. The van der Waals surface area contributed by atoms with Crippen molar-refractivity contribution in [2.24, 2.45) is 0 Å². The number of nitrogens with zero attached hydrogens (tertiary/aromatic N) is 2. The van der Waals surface area contributed by atoms with Crippen LogP contribution >= 0.6 is 0 Å². The molecular formula is C16H20N2. The predicted molar refractivity (Wildman–Crippen MR) is 77.0 cm³/mol. The first kappa shape index (κ1) is 12.6. The summed E-state index contributed by atoms with van der Waals surface area (Å²) in [5, 5.41) is 0. The zero-order chi connectivity index (χ0) is 13.1. The predicted octanol–water partition coefficient (Wildman–Crippen LogP) is 3.64. The van der Waals surface area contributed by atoms with Gasteiger partial charge in [-0.1, -0.05) is 23.8 Å². The van der Waals surface area contributed by atoms with E-state index < -0.39 is 0 Å². The second-order valence-corrected chi connectivity index (χ2v) is 4.92. The second kappa shape index (κ2) is 5.21. The van der Waals surface area contributed by atoms with Crippen LogP contribution in [0.25, 0.3) is 0 Å². The van der Waals surface area contributed by atoms with Crippen molar-refractivity contribution in [3.63, 3.8) is 0 Å². The maximum absolute atomic E-state index is 4.38. The molecule has 94 valence electrons. The standard InChI is InChI=1S/C16H20N2/c1-12-9-13(2)16(14(3)10-12)18(4)11-15-7-5-6-8-17-15/h5-10H,11H2,1-4H3. The molecule has 1 aromatic carbocycles. The average molecular weight is 240 g/mol. The normalized spacial score (nSPS) is 10.4. The van der Waals surface area contributed by atoms with Crippen molar-refractivity contribution in [1.82, 2.24) is 4.98 Å². The van der Waals surface area contributed by atoms with Gasteiger partial charge in [0.1, 0.15) is 0 Å². The molecule has 2 heteroatoms. The molecule has 0 saturated heterocycles. The van der Waals surface area contributed by atoms with Gasteiger partial charge < -0.3 is 4.90 Å². The number of anilines is 1. The van der Waals surface area contributed by atoms with Crippen LogP contribution in [0.5, 0.6) is 0 Å². The van der Waals surface area contributed by atoms with Gasteiger partial charge >= 0.3 is 0 Å². The molecule has 0 aliphatic rings. The third kappa shape index (κ3) is 2.70. The topological polar surface area (TPSA) is 16.1 Å². The molecule has 0 N–H and O–H groups in total. The van der Waals surface area contributed by atoms with Crippen molar-refractivity contribution in [3.8, 4) is 0 Å². The van der Waals surface area contributed by atoms with Crippen LogP contribution in [0.1, 0.15) is 22.4 Å². The summed E-state index contributed by atoms with van der Waals surface area (Å²) in [4.78, 5) is 6.65. The summed E-state index contributed by atoms with van der Waals surface area (Å²) < 4.78 is 0. The molecule has 0 bridgehead atoms. The first-order valence-electron chi connectivity index (χ1n) is 6.27. The van der Waals surface area contributed by atoms with E-state index in [1.54, 1.807) is 0 Å². The van der Waals surface area contributed by atoms with E-state index in [1.807, 2.05) is 18.3 Å². The minimum atomic E-state index is 0.839. The van der Waals surface area contributed by atoms with Crippen molar-refractivity contribution in [3.05, 3.63) is 58.9 Å². The molecule has 0 aliphatic carbocycles. The van der Waals surface area contributed by atoms with Gasteiger partial charge in [-0.25, -0.2) is 0 Å². The zero-order valence-electron chi connectivity index (χ0n) is 11.6. The van der Waals surface area contributed by atoms with Gasteiger partial charge in [0.15, 0.2) is 0 Å². The van der Waals surface area contributed by atoms with Gasteiger partial charge in [0, 0.05) is 18.9 Å². The van der Waals surface area contributed by atoms with E-state index in [2.05, 4.69) is 55.9 Å². The molecule has 0 unspecified atom stereocenters. The van der Waals surface area contributed by atoms with Crippen molar-refractivity contribution in [2.45, 2.75) is 27.3 Å². The molecule has 0 amide bonds. The number of rotatable bonds is 3. The zero-order valence-corrected chi connectivity index (χ0v) is 11.6. The highest BCUT2D eigenvalue weighted by Crippen LogP contribution is 2.26. The number of aromatic nitrogens is 1. The van der Waals surface area contributed by atoms with Gasteiger partial charge in [0.25, 0.3) is 0 Å². The van der Waals surface area contributed by atoms with Crippen LogP contribution in [0.3, 0.4) is 0 Å². The fraction of sp³-hybridized carbons (Fsp3) is 0.312. The first-order chi connectivity index (χ1) is 8.58. The number of aryl methyl sites for hydroxylation is 3. The van der Waals surface area contributed by atoms with E-state index >= 15 is 0 Å². The highest BCUT2D eigenvalue weighted by Gasteiger charge is 2.09. The van der Waals surface area contributed by atoms with Crippen LogP contribution in [0.4, 0.5) is 5.69 Å². The van der Waals surface area contributed by atoms with Gasteiger partial charge in [0.2, 0.25) is 0 Å². The Bertz CT molecular complexity index is 509. The Kier molecular flexibility index (Phi) is 3.66. The summed E-state index contributed by atoms with van der Waals surface area (Å²) in [6, 6.07) is 10.5. The van der Waals surface area contributed by atoms with Crippen LogP contribution in [-0.4, -0.2) is 12.0 Å². The third-order valence-electron chi connectivity index (χ3n) is 3.14. The molecule has 1 aromatic heterocycles. The van der Waals surface area contributed by atoms with E-state index in [9.17, 15) is 0 Å². The molecule has 0 fully saturated rings. The molecular weight excluding hydrogens is 220 g/mol. The molecule has 0 saturated carbocycles. The van der Waals surface area contributed by atoms with Gasteiger partial charge in [-0.15, -0.1) is 0 Å². The molecule has 2 nitrogen and oxygen atoms in total. The fourth-order valence-corrected chi connectivity index (χ4v) is 2.59. The van der Waals surface area contributed by atoms with Gasteiger partial charge in [-0.3, -0.25) is 4.98 Å². The van der Waals surface area contributed by atoms with Gasteiger partial charge in [-0.05, 0) is 44.0 Å². The summed E-state index contributed by atoms with van der Waals surface area (Å²) >= 11 is 0. The van der Waals surface area contributed by atoms with Crippen molar-refractivity contribution < 1.29 is 0 Å². The lowest BCUT2D eigenvalue weighted by Crippen LogP contribution is -2.19. The second-order valence-electron chi connectivity index (χ2n) is 4.92. The summed E-state index contributed by atoms with van der Waals surface area (Å²) in [6.45, 7) is 7.32. The number of pyridine rings is 1. The SMILES string of the molecule is Cc1cc(C)c(N(C)Cc2ccccn2)c(C)c1. The Balaban J connectivity index is 2.27. The Hall–Kier alpha value is -1.83. The molecule has 0 atom stereocenters. The average Bonchev–Trinajstić information content (AvgIpc) is 2.28. The van der Waals surface area contributed by atoms with Crippen molar-refractivity contribution in [1.29, 1.82) is 0 Å². The first-order valence-corrected chi connectivity index (χ1v) is 6.27. The molecule has 1 heterocycles. The highest BCUT2D eigenvalue weighted by atomic mass is 15.1. The van der Waals surface area contributed by atoms with E-state index in [-0.39, 0.29) is 0 Å². The van der Waals surface area contributed by atoms with Crippen LogP contribution in [-0.2, 0) is 6.54 Å². The monoisotopic (exact) mass is 240 g/mol.